The summed E-state index contributed by atoms with van der Waals surface area (Å²) in [6.45, 7) is -0.457. The number of anilines is 1. The zero-order chi connectivity index (χ0) is 14.0. The van der Waals surface area contributed by atoms with Crippen LogP contribution in [-0.4, -0.2) is 33.8 Å². The number of hydrogen-bond donors (Lipinski definition) is 1. The van der Waals surface area contributed by atoms with Crippen LogP contribution in [-0.2, 0) is 0 Å². The fraction of sp³-hybridized carbons (Fsp3) is 0.273. The van der Waals surface area contributed by atoms with Crippen LogP contribution in [0.5, 0.6) is 0 Å². The van der Waals surface area contributed by atoms with E-state index in [1.165, 1.54) is 0 Å². The number of amides is 1. The third kappa shape index (κ3) is 2.99. The molecule has 0 aliphatic carbocycles. The van der Waals surface area contributed by atoms with Gasteiger partial charge in [-0.15, -0.1) is 0 Å². The highest BCUT2D eigenvalue weighted by atomic mass is 127. The van der Waals surface area contributed by atoms with Gasteiger partial charge in [-0.05, 0) is 51.0 Å². The average molecular weight is 442 g/mol. The minimum absolute atomic E-state index is 0.0986. The van der Waals surface area contributed by atoms with Crippen molar-refractivity contribution in [2.45, 2.75) is 6.42 Å². The molecule has 0 fully saturated rings. The van der Waals surface area contributed by atoms with Gasteiger partial charge in [-0.1, -0.05) is 0 Å². The molecule has 2 rings (SSSR count). The van der Waals surface area contributed by atoms with E-state index in [2.05, 4.69) is 43.5 Å². The van der Waals surface area contributed by atoms with Crippen molar-refractivity contribution in [3.63, 3.8) is 0 Å². The van der Waals surface area contributed by atoms with Crippen LogP contribution >= 0.6 is 38.5 Å². The highest BCUT2D eigenvalue weighted by Crippen LogP contribution is 2.27. The Morgan fingerprint density at radius 2 is 2.37 bits per heavy atom. The summed E-state index contributed by atoms with van der Waals surface area (Å²) >= 11 is 5.45. The van der Waals surface area contributed by atoms with Gasteiger partial charge in [0.25, 0.3) is 0 Å². The molecule has 0 aliphatic rings. The Hall–Kier alpha value is -0.900. The lowest BCUT2D eigenvalue weighted by molar-refractivity contribution is 0.201. The molecule has 0 aliphatic heterocycles. The molecule has 0 radical (unpaired) electrons. The maximum absolute atomic E-state index is 12.3. The summed E-state index contributed by atoms with van der Waals surface area (Å²) in [7, 11) is 0. The van der Waals surface area contributed by atoms with Gasteiger partial charge in [0.1, 0.15) is 3.70 Å². The second-order valence-corrected chi connectivity index (χ2v) is 5.82. The summed E-state index contributed by atoms with van der Waals surface area (Å²) < 4.78 is 15.7. The van der Waals surface area contributed by atoms with Crippen molar-refractivity contribution in [2.24, 2.45) is 0 Å². The molecule has 1 amide bonds. The highest BCUT2D eigenvalue weighted by Gasteiger charge is 2.19. The summed E-state index contributed by atoms with van der Waals surface area (Å²) in [4.78, 5) is 16.6. The van der Waals surface area contributed by atoms with Crippen molar-refractivity contribution in [1.29, 1.82) is 0 Å². The minimum atomic E-state index is -1.12. The average Bonchev–Trinajstić information content (AvgIpc) is 2.71. The minimum Gasteiger partial charge on any atom is -0.465 e. The van der Waals surface area contributed by atoms with Gasteiger partial charge >= 0.3 is 6.09 Å². The van der Waals surface area contributed by atoms with Crippen molar-refractivity contribution in [3.05, 3.63) is 26.6 Å². The first-order chi connectivity index (χ1) is 9.04. The van der Waals surface area contributed by atoms with E-state index in [0.29, 0.717) is 11.3 Å². The number of fused-ring (bicyclic) bond motifs is 1. The molecule has 0 saturated heterocycles. The van der Waals surface area contributed by atoms with Crippen molar-refractivity contribution in [3.8, 4) is 0 Å². The zero-order valence-electron chi connectivity index (χ0n) is 9.68. The molecule has 2 heterocycles. The first-order valence-corrected chi connectivity index (χ1v) is 7.30. The topological polar surface area (TPSA) is 57.8 Å². The summed E-state index contributed by atoms with van der Waals surface area (Å²) in [5.74, 6) is 0. The molecule has 1 N–H and O–H groups in total. The Labute approximate surface area is 130 Å². The van der Waals surface area contributed by atoms with E-state index in [-0.39, 0.29) is 13.0 Å². The van der Waals surface area contributed by atoms with Gasteiger partial charge in [-0.3, -0.25) is 13.7 Å². The number of imidazole rings is 1. The molecule has 0 aromatic carbocycles. The first-order valence-electron chi connectivity index (χ1n) is 5.43. The molecular formula is C11H10BrFIN3O2. The molecule has 0 saturated carbocycles. The van der Waals surface area contributed by atoms with Crippen molar-refractivity contribution < 1.29 is 14.3 Å². The van der Waals surface area contributed by atoms with Crippen molar-refractivity contribution in [1.82, 2.24) is 9.38 Å². The zero-order valence-corrected chi connectivity index (χ0v) is 13.4. The number of nitrogens with zero attached hydrogens (tertiary/aromatic N) is 3. The van der Waals surface area contributed by atoms with Crippen LogP contribution in [0.1, 0.15) is 6.42 Å². The van der Waals surface area contributed by atoms with Gasteiger partial charge < -0.3 is 5.11 Å². The lowest BCUT2D eigenvalue weighted by Gasteiger charge is -2.19. The summed E-state index contributed by atoms with van der Waals surface area (Å²) in [5, 5.41) is 9.26. The maximum atomic E-state index is 12.3. The van der Waals surface area contributed by atoms with Crippen molar-refractivity contribution in [2.75, 3.05) is 18.1 Å². The van der Waals surface area contributed by atoms with Gasteiger partial charge in [0.15, 0.2) is 5.65 Å². The fourth-order valence-electron chi connectivity index (χ4n) is 1.74. The first kappa shape index (κ1) is 14.5. The normalized spacial score (nSPS) is 10.9. The lowest BCUT2D eigenvalue weighted by atomic mass is 10.3. The highest BCUT2D eigenvalue weighted by molar-refractivity contribution is 14.1. The van der Waals surface area contributed by atoms with Crippen LogP contribution in [0.2, 0.25) is 0 Å². The van der Waals surface area contributed by atoms with Crippen molar-refractivity contribution >= 4 is 55.9 Å². The predicted molar refractivity (Wildman–Crippen MR) is 81.6 cm³/mol. The number of halogens is 3. The standard InChI is InChI=1S/C11H10BrFIN3O2/c12-7-4-8(16(11(18)19)3-1-2-13)10-15-5-9(14)17(10)6-7/h4-6H,1-3H2,(H,18,19). The second-order valence-electron chi connectivity index (χ2n) is 3.79. The summed E-state index contributed by atoms with van der Waals surface area (Å²) in [6, 6.07) is 1.67. The van der Waals surface area contributed by atoms with Gasteiger partial charge in [0.2, 0.25) is 0 Å². The Morgan fingerprint density at radius 3 is 3.00 bits per heavy atom. The smallest absolute Gasteiger partial charge is 0.411 e. The summed E-state index contributed by atoms with van der Waals surface area (Å²) in [6.07, 6.45) is 2.50. The monoisotopic (exact) mass is 441 g/mol. The Bertz CT molecular complexity index is 619. The largest absolute Gasteiger partial charge is 0.465 e. The molecule has 0 atom stereocenters. The SMILES string of the molecule is O=C(O)N(CCCF)c1cc(Br)cn2c(I)cnc12. The quantitative estimate of drug-likeness (QED) is 0.738. The van der Waals surface area contributed by atoms with E-state index in [4.69, 9.17) is 0 Å². The number of carbonyl (C=O) groups is 1. The molecule has 2 aromatic heterocycles. The molecular weight excluding hydrogens is 432 g/mol. The number of aromatic nitrogens is 2. The van der Waals surface area contributed by atoms with Crippen LogP contribution in [0.3, 0.4) is 0 Å². The molecule has 0 spiro atoms. The Kier molecular flexibility index (Phi) is 4.61. The lowest BCUT2D eigenvalue weighted by Crippen LogP contribution is -2.31. The number of pyridine rings is 1. The fourth-order valence-corrected chi connectivity index (χ4v) is 2.67. The van der Waals surface area contributed by atoms with Gasteiger partial charge in [-0.25, -0.2) is 9.78 Å². The molecule has 0 unspecified atom stereocenters. The number of hydrogen-bond acceptors (Lipinski definition) is 2. The number of alkyl halides is 1. The third-order valence-electron chi connectivity index (χ3n) is 2.54. The van der Waals surface area contributed by atoms with Crippen LogP contribution < -0.4 is 4.90 Å². The molecule has 5 nitrogen and oxygen atoms in total. The summed E-state index contributed by atoms with van der Waals surface area (Å²) in [5.41, 5.74) is 0.979. The van der Waals surface area contributed by atoms with Crippen LogP contribution in [0.15, 0.2) is 22.9 Å². The Balaban J connectivity index is 2.55. The molecule has 0 bridgehead atoms. The second kappa shape index (κ2) is 6.04. The van der Waals surface area contributed by atoms with Crippen LogP contribution in [0, 0.1) is 3.70 Å². The van der Waals surface area contributed by atoms with E-state index in [0.717, 1.165) is 13.1 Å². The van der Waals surface area contributed by atoms with E-state index in [1.54, 1.807) is 16.7 Å². The maximum Gasteiger partial charge on any atom is 0.411 e. The third-order valence-corrected chi connectivity index (χ3v) is 3.78. The van der Waals surface area contributed by atoms with E-state index in [1.807, 2.05) is 6.20 Å². The molecule has 8 heteroatoms. The van der Waals surface area contributed by atoms with Gasteiger partial charge in [0, 0.05) is 17.2 Å². The predicted octanol–water partition coefficient (Wildman–Crippen LogP) is 3.55. The molecule has 2 aromatic rings. The molecule has 102 valence electrons. The van der Waals surface area contributed by atoms with E-state index in [9.17, 15) is 14.3 Å². The van der Waals surface area contributed by atoms with Gasteiger partial charge in [-0.2, -0.15) is 0 Å². The van der Waals surface area contributed by atoms with Crippen LogP contribution in [0.25, 0.3) is 5.65 Å². The van der Waals surface area contributed by atoms with Gasteiger partial charge in [0.05, 0.1) is 18.6 Å². The number of carboxylic acid groups (broad SMARTS) is 1. The van der Waals surface area contributed by atoms with E-state index < -0.39 is 12.8 Å². The molecule has 19 heavy (non-hydrogen) atoms. The van der Waals surface area contributed by atoms with Crippen LogP contribution in [0.4, 0.5) is 14.9 Å². The Morgan fingerprint density at radius 1 is 1.63 bits per heavy atom. The number of rotatable bonds is 4. The van der Waals surface area contributed by atoms with E-state index >= 15 is 0 Å².